The zero-order chi connectivity index (χ0) is 10.1. The topological polar surface area (TPSA) is 29.5 Å². The fourth-order valence-corrected chi connectivity index (χ4v) is 3.02. The van der Waals surface area contributed by atoms with Crippen LogP contribution in [0.2, 0.25) is 0 Å². The first-order valence-electron chi connectivity index (χ1n) is 5.31. The molecule has 0 aliphatic carbocycles. The molecule has 0 aromatic heterocycles. The average molecular weight is 218 g/mol. The van der Waals surface area contributed by atoms with E-state index >= 15 is 0 Å². The minimum absolute atomic E-state index is 0.149. The lowest BCUT2D eigenvalue weighted by Gasteiger charge is -2.35. The van der Waals surface area contributed by atoms with Crippen LogP contribution in [0.25, 0.3) is 0 Å². The van der Waals surface area contributed by atoms with Crippen LogP contribution >= 0.6 is 11.6 Å². The number of alkyl halides is 1. The number of carbonyl (C=O) groups excluding carboxylic acids is 1. The summed E-state index contributed by atoms with van der Waals surface area (Å²) in [6.45, 7) is 2.30. The molecule has 0 aromatic rings. The third kappa shape index (κ3) is 1.70. The van der Waals surface area contributed by atoms with Crippen LogP contribution in [-0.4, -0.2) is 35.1 Å². The molecule has 2 rings (SSSR count). The Balaban J connectivity index is 2.03. The summed E-state index contributed by atoms with van der Waals surface area (Å²) in [7, 11) is 0. The van der Waals surface area contributed by atoms with Gasteiger partial charge in [-0.3, -0.25) is 0 Å². The highest BCUT2D eigenvalue weighted by molar-refractivity contribution is 6.20. The van der Waals surface area contributed by atoms with Crippen molar-refractivity contribution in [3.63, 3.8) is 0 Å². The van der Waals surface area contributed by atoms with Crippen molar-refractivity contribution in [2.75, 3.05) is 6.61 Å². The molecule has 2 bridgehead atoms. The van der Waals surface area contributed by atoms with Gasteiger partial charge in [0.1, 0.15) is 0 Å². The normalized spacial score (nSPS) is 35.9. The summed E-state index contributed by atoms with van der Waals surface area (Å²) in [4.78, 5) is 13.5. The van der Waals surface area contributed by atoms with E-state index in [1.807, 2.05) is 11.8 Å². The van der Waals surface area contributed by atoms with Gasteiger partial charge in [-0.05, 0) is 32.6 Å². The number of nitrogens with zero attached hydrogens (tertiary/aromatic N) is 1. The third-order valence-electron chi connectivity index (χ3n) is 3.15. The zero-order valence-electron chi connectivity index (χ0n) is 8.41. The van der Waals surface area contributed by atoms with Gasteiger partial charge in [0.05, 0.1) is 6.61 Å². The van der Waals surface area contributed by atoms with Crippen LogP contribution in [0.3, 0.4) is 0 Å². The van der Waals surface area contributed by atoms with Gasteiger partial charge in [-0.1, -0.05) is 0 Å². The monoisotopic (exact) mass is 217 g/mol. The van der Waals surface area contributed by atoms with Crippen LogP contribution in [0.4, 0.5) is 4.79 Å². The van der Waals surface area contributed by atoms with Crippen molar-refractivity contribution in [1.29, 1.82) is 0 Å². The van der Waals surface area contributed by atoms with Gasteiger partial charge in [0, 0.05) is 17.5 Å². The molecule has 2 heterocycles. The predicted octanol–water partition coefficient (Wildman–Crippen LogP) is 2.38. The highest BCUT2D eigenvalue weighted by atomic mass is 35.5. The number of hydrogen-bond acceptors (Lipinski definition) is 2. The summed E-state index contributed by atoms with van der Waals surface area (Å²) >= 11 is 6.11. The minimum atomic E-state index is -0.149. The van der Waals surface area contributed by atoms with E-state index in [9.17, 15) is 4.79 Å². The fourth-order valence-electron chi connectivity index (χ4n) is 2.61. The second-order valence-electron chi connectivity index (χ2n) is 4.06. The van der Waals surface area contributed by atoms with Gasteiger partial charge >= 0.3 is 6.09 Å². The van der Waals surface area contributed by atoms with E-state index in [1.54, 1.807) is 0 Å². The van der Waals surface area contributed by atoms with E-state index in [0.717, 1.165) is 25.7 Å². The van der Waals surface area contributed by atoms with Crippen molar-refractivity contribution < 1.29 is 9.53 Å². The van der Waals surface area contributed by atoms with Crippen molar-refractivity contribution in [1.82, 2.24) is 4.90 Å². The molecule has 2 fully saturated rings. The number of halogens is 1. The van der Waals surface area contributed by atoms with E-state index in [2.05, 4.69) is 0 Å². The summed E-state index contributed by atoms with van der Waals surface area (Å²) in [5.41, 5.74) is 0. The van der Waals surface area contributed by atoms with E-state index in [0.29, 0.717) is 18.7 Å². The standard InChI is InChI=1S/C10H16ClNO2/c1-2-14-10(13)12-8-3-4-9(12)6-7(11)5-8/h7-9H,2-6H2,1H3. The summed E-state index contributed by atoms with van der Waals surface area (Å²) in [6, 6.07) is 0.658. The zero-order valence-corrected chi connectivity index (χ0v) is 9.17. The maximum Gasteiger partial charge on any atom is 0.410 e. The summed E-state index contributed by atoms with van der Waals surface area (Å²) in [6.07, 6.45) is 3.89. The highest BCUT2D eigenvalue weighted by Crippen LogP contribution is 2.37. The molecule has 2 atom stereocenters. The Kier molecular flexibility index (Phi) is 2.86. The molecular weight excluding hydrogens is 202 g/mol. The number of rotatable bonds is 1. The number of fused-ring (bicyclic) bond motifs is 2. The first-order chi connectivity index (χ1) is 6.72. The molecule has 2 unspecified atom stereocenters. The van der Waals surface area contributed by atoms with Crippen LogP contribution < -0.4 is 0 Å². The first-order valence-corrected chi connectivity index (χ1v) is 5.75. The molecule has 14 heavy (non-hydrogen) atoms. The maximum absolute atomic E-state index is 11.6. The molecular formula is C10H16ClNO2. The third-order valence-corrected chi connectivity index (χ3v) is 3.51. The maximum atomic E-state index is 11.6. The Morgan fingerprint density at radius 2 is 2.00 bits per heavy atom. The summed E-state index contributed by atoms with van der Waals surface area (Å²) in [5, 5.41) is 0.248. The van der Waals surface area contributed by atoms with E-state index < -0.39 is 0 Å². The molecule has 4 heteroatoms. The number of carbonyl (C=O) groups is 1. The SMILES string of the molecule is CCOC(=O)N1C2CCC1CC(Cl)C2. The average Bonchev–Trinajstić information content (AvgIpc) is 2.39. The fraction of sp³-hybridized carbons (Fsp3) is 0.900. The lowest BCUT2D eigenvalue weighted by molar-refractivity contribution is 0.0743. The van der Waals surface area contributed by atoms with Gasteiger partial charge in [-0.25, -0.2) is 4.79 Å². The van der Waals surface area contributed by atoms with Gasteiger partial charge in [0.15, 0.2) is 0 Å². The number of amides is 1. The molecule has 80 valence electrons. The van der Waals surface area contributed by atoms with E-state index in [4.69, 9.17) is 16.3 Å². The molecule has 0 aromatic carbocycles. The van der Waals surface area contributed by atoms with Crippen molar-refractivity contribution in [3.8, 4) is 0 Å². The smallest absolute Gasteiger partial charge is 0.410 e. The molecule has 1 amide bonds. The van der Waals surface area contributed by atoms with Crippen LogP contribution in [-0.2, 0) is 4.74 Å². The van der Waals surface area contributed by atoms with Gasteiger partial charge in [-0.15, -0.1) is 11.6 Å². The van der Waals surface area contributed by atoms with E-state index in [1.165, 1.54) is 0 Å². The molecule has 2 saturated heterocycles. The predicted molar refractivity (Wildman–Crippen MR) is 54.5 cm³/mol. The molecule has 2 aliphatic rings. The van der Waals surface area contributed by atoms with Gasteiger partial charge < -0.3 is 9.64 Å². The van der Waals surface area contributed by atoms with Crippen LogP contribution in [0.15, 0.2) is 0 Å². The van der Waals surface area contributed by atoms with Gasteiger partial charge in [0.2, 0.25) is 0 Å². The molecule has 2 aliphatic heterocycles. The first kappa shape index (κ1) is 10.1. The molecule has 0 spiro atoms. The lowest BCUT2D eigenvalue weighted by atomic mass is 10.0. The lowest BCUT2D eigenvalue weighted by Crippen LogP contribution is -2.47. The van der Waals surface area contributed by atoms with Crippen molar-refractivity contribution in [3.05, 3.63) is 0 Å². The summed E-state index contributed by atoms with van der Waals surface area (Å²) in [5.74, 6) is 0. The second kappa shape index (κ2) is 3.97. The largest absolute Gasteiger partial charge is 0.450 e. The Morgan fingerprint density at radius 3 is 2.50 bits per heavy atom. The quantitative estimate of drug-likeness (QED) is 0.632. The van der Waals surface area contributed by atoms with E-state index in [-0.39, 0.29) is 11.5 Å². The van der Waals surface area contributed by atoms with Gasteiger partial charge in [-0.2, -0.15) is 0 Å². The Morgan fingerprint density at radius 1 is 1.43 bits per heavy atom. The highest BCUT2D eigenvalue weighted by Gasteiger charge is 2.43. The Hall–Kier alpha value is -0.440. The van der Waals surface area contributed by atoms with Crippen LogP contribution in [0.1, 0.15) is 32.6 Å². The molecule has 3 nitrogen and oxygen atoms in total. The second-order valence-corrected chi connectivity index (χ2v) is 4.68. The Labute approximate surface area is 89.4 Å². The summed E-state index contributed by atoms with van der Waals surface area (Å²) < 4.78 is 5.04. The molecule has 0 saturated carbocycles. The van der Waals surface area contributed by atoms with Gasteiger partial charge in [0.25, 0.3) is 0 Å². The minimum Gasteiger partial charge on any atom is -0.450 e. The number of piperidine rings is 1. The Bertz CT molecular complexity index is 220. The van der Waals surface area contributed by atoms with Crippen LogP contribution in [0, 0.1) is 0 Å². The van der Waals surface area contributed by atoms with Crippen molar-refractivity contribution >= 4 is 17.7 Å². The number of hydrogen-bond donors (Lipinski definition) is 0. The van der Waals surface area contributed by atoms with Crippen LogP contribution in [0.5, 0.6) is 0 Å². The van der Waals surface area contributed by atoms with Crippen molar-refractivity contribution in [2.45, 2.75) is 50.1 Å². The molecule has 0 N–H and O–H groups in total. The molecule has 0 radical (unpaired) electrons. The van der Waals surface area contributed by atoms with Crippen molar-refractivity contribution in [2.24, 2.45) is 0 Å². The number of ether oxygens (including phenoxy) is 1.